The number of fused-ring (bicyclic) bond motifs is 3. The first-order chi connectivity index (χ1) is 10.1. The number of H-pyrrole nitrogens is 1. The van der Waals surface area contributed by atoms with Gasteiger partial charge in [0.15, 0.2) is 0 Å². The zero-order valence-electron chi connectivity index (χ0n) is 11.9. The van der Waals surface area contributed by atoms with Crippen LogP contribution in [-0.2, 0) is 16.0 Å². The predicted octanol–water partition coefficient (Wildman–Crippen LogP) is 2.25. The van der Waals surface area contributed by atoms with Gasteiger partial charge in [0.25, 0.3) is 0 Å². The Bertz CT molecular complexity index is 718. The number of benzene rings is 1. The van der Waals surface area contributed by atoms with E-state index in [0.29, 0.717) is 12.2 Å². The summed E-state index contributed by atoms with van der Waals surface area (Å²) in [6.07, 6.45) is 2.58. The van der Waals surface area contributed by atoms with Gasteiger partial charge < -0.3 is 15.5 Å². The maximum Gasteiger partial charge on any atom is 0.340 e. The number of carbonyl (C=O) groups excluding carboxylic acids is 2. The average molecular weight is 286 g/mol. The SMILES string of the molecule is CCOC(=O)c1cccc2c3c([nH]c12)C(C(N)=O)CCC3. The zero-order chi connectivity index (χ0) is 15.0. The second-order valence-corrected chi connectivity index (χ2v) is 5.31. The van der Waals surface area contributed by atoms with Crippen LogP contribution in [0.3, 0.4) is 0 Å². The van der Waals surface area contributed by atoms with Gasteiger partial charge in [0, 0.05) is 11.1 Å². The fraction of sp³-hybridized carbons (Fsp3) is 0.375. The molecule has 0 spiro atoms. The molecule has 1 aromatic carbocycles. The summed E-state index contributed by atoms with van der Waals surface area (Å²) < 4.78 is 5.09. The molecule has 5 heteroatoms. The van der Waals surface area contributed by atoms with Crippen molar-refractivity contribution < 1.29 is 14.3 Å². The number of esters is 1. The predicted molar refractivity (Wildman–Crippen MR) is 79.1 cm³/mol. The summed E-state index contributed by atoms with van der Waals surface area (Å²) in [6.45, 7) is 2.11. The van der Waals surface area contributed by atoms with E-state index in [1.807, 2.05) is 12.1 Å². The van der Waals surface area contributed by atoms with Crippen LogP contribution >= 0.6 is 0 Å². The van der Waals surface area contributed by atoms with Gasteiger partial charge in [-0.25, -0.2) is 4.79 Å². The molecule has 1 unspecified atom stereocenters. The van der Waals surface area contributed by atoms with Crippen molar-refractivity contribution in [2.24, 2.45) is 5.73 Å². The van der Waals surface area contributed by atoms with E-state index in [1.165, 1.54) is 0 Å². The maximum atomic E-state index is 12.1. The van der Waals surface area contributed by atoms with Crippen molar-refractivity contribution in [1.82, 2.24) is 4.98 Å². The molecule has 0 bridgehead atoms. The monoisotopic (exact) mass is 286 g/mol. The van der Waals surface area contributed by atoms with Crippen LogP contribution in [0.15, 0.2) is 18.2 Å². The first kappa shape index (κ1) is 13.7. The fourth-order valence-corrected chi connectivity index (χ4v) is 3.15. The molecule has 5 nitrogen and oxygen atoms in total. The molecule has 1 aliphatic carbocycles. The van der Waals surface area contributed by atoms with Crippen LogP contribution in [-0.4, -0.2) is 23.5 Å². The number of ether oxygens (including phenoxy) is 1. The van der Waals surface area contributed by atoms with Crippen LogP contribution in [0, 0.1) is 0 Å². The van der Waals surface area contributed by atoms with Gasteiger partial charge in [0.2, 0.25) is 5.91 Å². The molecule has 21 heavy (non-hydrogen) atoms. The number of nitrogens with two attached hydrogens (primary N) is 1. The lowest BCUT2D eigenvalue weighted by atomic mass is 9.86. The number of aromatic amines is 1. The summed E-state index contributed by atoms with van der Waals surface area (Å²) in [7, 11) is 0. The highest BCUT2D eigenvalue weighted by Gasteiger charge is 2.29. The molecule has 0 fully saturated rings. The van der Waals surface area contributed by atoms with E-state index in [4.69, 9.17) is 10.5 Å². The largest absolute Gasteiger partial charge is 0.462 e. The maximum absolute atomic E-state index is 12.1. The van der Waals surface area contributed by atoms with Crippen molar-refractivity contribution in [2.45, 2.75) is 32.1 Å². The minimum atomic E-state index is -0.350. The number of para-hydroxylation sites is 1. The quantitative estimate of drug-likeness (QED) is 0.849. The van der Waals surface area contributed by atoms with Gasteiger partial charge in [-0.2, -0.15) is 0 Å². The minimum absolute atomic E-state index is 0.295. The number of aryl methyl sites for hydroxylation is 1. The van der Waals surface area contributed by atoms with Gasteiger partial charge in [-0.05, 0) is 37.8 Å². The summed E-state index contributed by atoms with van der Waals surface area (Å²) >= 11 is 0. The Hall–Kier alpha value is -2.30. The van der Waals surface area contributed by atoms with E-state index in [0.717, 1.165) is 41.4 Å². The van der Waals surface area contributed by atoms with Crippen LogP contribution in [0.2, 0.25) is 0 Å². The van der Waals surface area contributed by atoms with Gasteiger partial charge in [0.1, 0.15) is 0 Å². The summed E-state index contributed by atoms with van der Waals surface area (Å²) in [5.41, 5.74) is 8.71. The van der Waals surface area contributed by atoms with Crippen molar-refractivity contribution in [2.75, 3.05) is 6.61 Å². The van der Waals surface area contributed by atoms with E-state index in [2.05, 4.69) is 4.98 Å². The average Bonchev–Trinajstić information content (AvgIpc) is 2.85. The topological polar surface area (TPSA) is 85.2 Å². The highest BCUT2D eigenvalue weighted by Crippen LogP contribution is 2.36. The van der Waals surface area contributed by atoms with E-state index < -0.39 is 0 Å². The number of rotatable bonds is 3. The molecule has 1 heterocycles. The molecule has 3 rings (SSSR count). The number of primary amides is 1. The second-order valence-electron chi connectivity index (χ2n) is 5.31. The molecule has 1 amide bonds. The number of nitrogens with one attached hydrogen (secondary N) is 1. The Morgan fingerprint density at radius 1 is 1.43 bits per heavy atom. The Morgan fingerprint density at radius 2 is 2.24 bits per heavy atom. The molecule has 0 radical (unpaired) electrons. The Labute approximate surface area is 122 Å². The summed E-state index contributed by atoms with van der Waals surface area (Å²) in [6, 6.07) is 5.55. The lowest BCUT2D eigenvalue weighted by molar-refractivity contribution is -0.119. The molecular weight excluding hydrogens is 268 g/mol. The van der Waals surface area contributed by atoms with Crippen molar-refractivity contribution in [3.8, 4) is 0 Å². The fourth-order valence-electron chi connectivity index (χ4n) is 3.15. The van der Waals surface area contributed by atoms with Crippen LogP contribution in [0.25, 0.3) is 10.9 Å². The number of carbonyl (C=O) groups is 2. The van der Waals surface area contributed by atoms with Crippen LogP contribution in [0.1, 0.15) is 47.3 Å². The first-order valence-corrected chi connectivity index (χ1v) is 7.23. The minimum Gasteiger partial charge on any atom is -0.462 e. The van der Waals surface area contributed by atoms with E-state index in [-0.39, 0.29) is 17.8 Å². The summed E-state index contributed by atoms with van der Waals surface area (Å²) in [5, 5.41) is 0.988. The summed E-state index contributed by atoms with van der Waals surface area (Å²) in [4.78, 5) is 26.9. The Kier molecular flexibility index (Phi) is 3.41. The molecule has 1 aliphatic rings. The third-order valence-corrected chi connectivity index (χ3v) is 4.08. The first-order valence-electron chi connectivity index (χ1n) is 7.23. The lowest BCUT2D eigenvalue weighted by Gasteiger charge is -2.19. The Morgan fingerprint density at radius 3 is 2.95 bits per heavy atom. The molecule has 0 aliphatic heterocycles. The van der Waals surface area contributed by atoms with Gasteiger partial charge in [-0.1, -0.05) is 12.1 Å². The Balaban J connectivity index is 2.18. The molecule has 1 aromatic heterocycles. The van der Waals surface area contributed by atoms with Crippen molar-refractivity contribution >= 4 is 22.8 Å². The standard InChI is InChI=1S/C16H18N2O3/c1-2-21-16(20)12-8-4-6-10-9-5-3-7-11(15(17)19)13(9)18-14(10)12/h4,6,8,11,18H,2-3,5,7H2,1H3,(H2,17,19). The molecule has 1 atom stereocenters. The van der Waals surface area contributed by atoms with Gasteiger partial charge in [-0.15, -0.1) is 0 Å². The number of hydrogen-bond donors (Lipinski definition) is 2. The second kappa shape index (κ2) is 5.24. The molecule has 2 aromatic rings. The number of hydrogen-bond acceptors (Lipinski definition) is 3. The van der Waals surface area contributed by atoms with Gasteiger partial charge in [0.05, 0.1) is 23.6 Å². The smallest absolute Gasteiger partial charge is 0.340 e. The highest BCUT2D eigenvalue weighted by atomic mass is 16.5. The van der Waals surface area contributed by atoms with Crippen LogP contribution in [0.4, 0.5) is 0 Å². The normalized spacial score (nSPS) is 17.5. The van der Waals surface area contributed by atoms with Crippen molar-refractivity contribution in [1.29, 1.82) is 0 Å². The van der Waals surface area contributed by atoms with Crippen molar-refractivity contribution in [3.05, 3.63) is 35.0 Å². The van der Waals surface area contributed by atoms with Crippen molar-refractivity contribution in [3.63, 3.8) is 0 Å². The lowest BCUT2D eigenvalue weighted by Crippen LogP contribution is -2.24. The van der Waals surface area contributed by atoms with Gasteiger partial charge >= 0.3 is 5.97 Å². The van der Waals surface area contributed by atoms with E-state index >= 15 is 0 Å². The third-order valence-electron chi connectivity index (χ3n) is 4.08. The van der Waals surface area contributed by atoms with E-state index in [1.54, 1.807) is 13.0 Å². The van der Waals surface area contributed by atoms with Crippen LogP contribution < -0.4 is 5.73 Å². The van der Waals surface area contributed by atoms with Crippen LogP contribution in [0.5, 0.6) is 0 Å². The number of aromatic nitrogens is 1. The van der Waals surface area contributed by atoms with Gasteiger partial charge in [-0.3, -0.25) is 4.79 Å². The third kappa shape index (κ3) is 2.18. The molecule has 110 valence electrons. The zero-order valence-corrected chi connectivity index (χ0v) is 11.9. The van der Waals surface area contributed by atoms with E-state index in [9.17, 15) is 9.59 Å². The molecule has 0 saturated heterocycles. The molecule has 0 saturated carbocycles. The molecular formula is C16H18N2O3. The molecule has 3 N–H and O–H groups in total. The number of amides is 1. The summed E-state index contributed by atoms with van der Waals surface area (Å²) in [5.74, 6) is -0.964. The highest BCUT2D eigenvalue weighted by molar-refractivity contribution is 6.04.